The van der Waals surface area contributed by atoms with E-state index in [2.05, 4.69) is 0 Å². The smallest absolute Gasteiger partial charge is 0.272 e. The summed E-state index contributed by atoms with van der Waals surface area (Å²) in [7, 11) is 0. The van der Waals surface area contributed by atoms with Crippen molar-refractivity contribution in [1.82, 2.24) is 0 Å². The second-order valence-corrected chi connectivity index (χ2v) is 4.45. The minimum absolute atomic E-state index is 0.0263. The number of nitrogens with two attached hydrogens (primary N) is 1. The molecule has 0 aliphatic heterocycles. The van der Waals surface area contributed by atoms with Crippen molar-refractivity contribution in [3.05, 3.63) is 33.9 Å². The Morgan fingerprint density at radius 3 is 2.69 bits per heavy atom. The zero-order valence-corrected chi connectivity index (χ0v) is 8.85. The highest BCUT2D eigenvalue weighted by molar-refractivity contribution is 5.45. The predicted molar refractivity (Wildman–Crippen MR) is 59.2 cm³/mol. The Balaban J connectivity index is 2.31. The average Bonchev–Trinajstić information content (AvgIpc) is 2.98. The summed E-state index contributed by atoms with van der Waals surface area (Å²) in [5.74, 6) is 0.0634. The van der Waals surface area contributed by atoms with Gasteiger partial charge in [-0.2, -0.15) is 0 Å². The lowest BCUT2D eigenvalue weighted by Crippen LogP contribution is -2.18. The fraction of sp³-hybridized carbons (Fsp3) is 0.455. The van der Waals surface area contributed by atoms with E-state index in [1.54, 1.807) is 0 Å². The summed E-state index contributed by atoms with van der Waals surface area (Å²) in [6.45, 7) is 0.541. The number of nitro benzene ring substituents is 1. The van der Waals surface area contributed by atoms with Gasteiger partial charge in [-0.05, 0) is 43.4 Å². The average molecular weight is 222 g/mol. The van der Waals surface area contributed by atoms with Crippen molar-refractivity contribution in [3.8, 4) is 5.75 Å². The third-order valence-corrected chi connectivity index (χ3v) is 3.22. The molecule has 0 amide bonds. The summed E-state index contributed by atoms with van der Waals surface area (Å²) in [6, 6.07) is 4.15. The van der Waals surface area contributed by atoms with E-state index in [0.717, 1.165) is 12.8 Å². The number of nitro groups is 1. The van der Waals surface area contributed by atoms with Crippen LogP contribution in [0.3, 0.4) is 0 Å². The van der Waals surface area contributed by atoms with Gasteiger partial charge in [0.05, 0.1) is 4.92 Å². The predicted octanol–water partition coefficient (Wildman–Crippen LogP) is 1.58. The van der Waals surface area contributed by atoms with E-state index >= 15 is 0 Å². The molecule has 1 aliphatic carbocycles. The number of phenols is 1. The quantitative estimate of drug-likeness (QED) is 0.597. The van der Waals surface area contributed by atoms with Crippen molar-refractivity contribution in [1.29, 1.82) is 0 Å². The second kappa shape index (κ2) is 3.75. The lowest BCUT2D eigenvalue weighted by atomic mass is 9.95. The third-order valence-electron chi connectivity index (χ3n) is 3.22. The first-order valence-electron chi connectivity index (χ1n) is 5.23. The number of aromatic hydroxyl groups is 1. The maximum Gasteiger partial charge on any atom is 0.272 e. The molecule has 86 valence electrons. The molecule has 1 aromatic rings. The first kappa shape index (κ1) is 10.9. The van der Waals surface area contributed by atoms with Gasteiger partial charge < -0.3 is 10.8 Å². The molecule has 1 fully saturated rings. The number of hydrogen-bond donors (Lipinski definition) is 2. The molecule has 1 saturated carbocycles. The molecule has 3 N–H and O–H groups in total. The zero-order valence-electron chi connectivity index (χ0n) is 8.85. The van der Waals surface area contributed by atoms with E-state index in [-0.39, 0.29) is 16.9 Å². The number of rotatable bonds is 4. The highest BCUT2D eigenvalue weighted by Gasteiger charge is 2.42. The van der Waals surface area contributed by atoms with Gasteiger partial charge in [-0.15, -0.1) is 0 Å². The standard InChI is InChI=1S/C11H14N2O3/c12-7-11(3-4-11)6-8-5-9(14)1-2-10(8)13(15)16/h1-2,5,14H,3-4,6-7,12H2. The molecule has 1 aliphatic rings. The molecule has 2 rings (SSSR count). The van der Waals surface area contributed by atoms with Crippen molar-refractivity contribution in [3.63, 3.8) is 0 Å². The molecular weight excluding hydrogens is 208 g/mol. The van der Waals surface area contributed by atoms with Gasteiger partial charge in [0.15, 0.2) is 0 Å². The normalized spacial score (nSPS) is 17.1. The van der Waals surface area contributed by atoms with Crippen LogP contribution in [0.15, 0.2) is 18.2 Å². The molecule has 0 heterocycles. The zero-order chi connectivity index (χ0) is 11.8. The highest BCUT2D eigenvalue weighted by Crippen LogP contribution is 2.48. The number of nitrogens with zero attached hydrogens (tertiary/aromatic N) is 1. The van der Waals surface area contributed by atoms with E-state index in [1.165, 1.54) is 18.2 Å². The van der Waals surface area contributed by atoms with Gasteiger partial charge in [-0.1, -0.05) is 0 Å². The van der Waals surface area contributed by atoms with Crippen LogP contribution >= 0.6 is 0 Å². The van der Waals surface area contributed by atoms with E-state index in [9.17, 15) is 15.2 Å². The topological polar surface area (TPSA) is 89.4 Å². The Hall–Kier alpha value is -1.62. The first-order valence-corrected chi connectivity index (χ1v) is 5.23. The van der Waals surface area contributed by atoms with Crippen LogP contribution < -0.4 is 5.73 Å². The monoisotopic (exact) mass is 222 g/mol. The number of phenolic OH excluding ortho intramolecular Hbond substituents is 1. The highest BCUT2D eigenvalue weighted by atomic mass is 16.6. The second-order valence-electron chi connectivity index (χ2n) is 4.45. The molecule has 0 unspecified atom stereocenters. The summed E-state index contributed by atoms with van der Waals surface area (Å²) in [4.78, 5) is 10.4. The van der Waals surface area contributed by atoms with Crippen LogP contribution in [-0.4, -0.2) is 16.6 Å². The van der Waals surface area contributed by atoms with Crippen LogP contribution in [-0.2, 0) is 6.42 Å². The molecule has 16 heavy (non-hydrogen) atoms. The fourth-order valence-corrected chi connectivity index (χ4v) is 1.93. The Labute approximate surface area is 93.0 Å². The summed E-state index contributed by atoms with van der Waals surface area (Å²) < 4.78 is 0. The Bertz CT molecular complexity index is 427. The van der Waals surface area contributed by atoms with Crippen LogP contribution in [0.25, 0.3) is 0 Å². The van der Waals surface area contributed by atoms with E-state index in [4.69, 9.17) is 5.73 Å². The van der Waals surface area contributed by atoms with Crippen LogP contribution in [0.1, 0.15) is 18.4 Å². The maximum atomic E-state index is 10.8. The SMILES string of the molecule is NCC1(Cc2cc(O)ccc2[N+](=O)[O-])CC1. The minimum atomic E-state index is -0.415. The molecular formula is C11H14N2O3. The Kier molecular flexibility index (Phi) is 2.55. The maximum absolute atomic E-state index is 10.8. The van der Waals surface area contributed by atoms with Crippen molar-refractivity contribution in [2.45, 2.75) is 19.3 Å². The third kappa shape index (κ3) is 1.99. The summed E-state index contributed by atoms with van der Waals surface area (Å²) >= 11 is 0. The molecule has 1 aromatic carbocycles. The molecule has 0 atom stereocenters. The Morgan fingerprint density at radius 2 is 2.19 bits per heavy atom. The molecule has 0 bridgehead atoms. The van der Waals surface area contributed by atoms with Crippen LogP contribution in [0.4, 0.5) is 5.69 Å². The lowest BCUT2D eigenvalue weighted by molar-refractivity contribution is -0.385. The number of hydrogen-bond acceptors (Lipinski definition) is 4. The first-order chi connectivity index (χ1) is 7.56. The van der Waals surface area contributed by atoms with Gasteiger partial charge in [0.2, 0.25) is 0 Å². The molecule has 5 heteroatoms. The largest absolute Gasteiger partial charge is 0.508 e. The van der Waals surface area contributed by atoms with Gasteiger partial charge in [0.25, 0.3) is 5.69 Å². The minimum Gasteiger partial charge on any atom is -0.508 e. The van der Waals surface area contributed by atoms with E-state index in [0.29, 0.717) is 18.5 Å². The molecule has 0 saturated heterocycles. The van der Waals surface area contributed by atoms with Gasteiger partial charge >= 0.3 is 0 Å². The van der Waals surface area contributed by atoms with Crippen molar-refractivity contribution in [2.75, 3.05) is 6.54 Å². The van der Waals surface area contributed by atoms with Gasteiger partial charge in [0, 0.05) is 11.6 Å². The van der Waals surface area contributed by atoms with Gasteiger partial charge in [-0.3, -0.25) is 10.1 Å². The van der Waals surface area contributed by atoms with E-state index < -0.39 is 4.92 Å². The van der Waals surface area contributed by atoms with Crippen molar-refractivity contribution >= 4 is 5.69 Å². The van der Waals surface area contributed by atoms with Crippen LogP contribution in [0, 0.1) is 15.5 Å². The van der Waals surface area contributed by atoms with Crippen molar-refractivity contribution < 1.29 is 10.0 Å². The van der Waals surface area contributed by atoms with Crippen LogP contribution in [0.2, 0.25) is 0 Å². The lowest BCUT2D eigenvalue weighted by Gasteiger charge is -2.12. The van der Waals surface area contributed by atoms with Crippen molar-refractivity contribution in [2.24, 2.45) is 11.1 Å². The summed E-state index contributed by atoms with van der Waals surface area (Å²) in [6.07, 6.45) is 2.60. The molecule has 0 spiro atoms. The number of benzene rings is 1. The Morgan fingerprint density at radius 1 is 1.50 bits per heavy atom. The molecule has 0 radical (unpaired) electrons. The van der Waals surface area contributed by atoms with Gasteiger partial charge in [-0.25, -0.2) is 0 Å². The summed E-state index contributed by atoms with van der Waals surface area (Å²) in [5, 5.41) is 20.2. The molecule has 0 aromatic heterocycles. The summed E-state index contributed by atoms with van der Waals surface area (Å²) in [5.41, 5.74) is 6.32. The van der Waals surface area contributed by atoms with Gasteiger partial charge in [0.1, 0.15) is 5.75 Å². The fourth-order valence-electron chi connectivity index (χ4n) is 1.93. The van der Waals surface area contributed by atoms with E-state index in [1.807, 2.05) is 0 Å². The molecule has 5 nitrogen and oxygen atoms in total. The van der Waals surface area contributed by atoms with Crippen LogP contribution in [0.5, 0.6) is 5.75 Å².